The molecule has 1 N–H and O–H groups in total. The minimum Gasteiger partial charge on any atom is -0.329 e. The van der Waals surface area contributed by atoms with Gasteiger partial charge in [-0.25, -0.2) is 8.42 Å². The number of nitrogens with one attached hydrogen (secondary N) is 1. The average molecular weight is 296 g/mol. The van der Waals surface area contributed by atoms with E-state index in [2.05, 4.69) is 5.32 Å². The Balaban J connectivity index is 2.13. The van der Waals surface area contributed by atoms with E-state index in [4.69, 9.17) is 0 Å². The molecule has 2 amide bonds. The molecule has 1 heterocycles. The van der Waals surface area contributed by atoms with Gasteiger partial charge in [-0.1, -0.05) is 18.2 Å². The first-order valence-electron chi connectivity index (χ1n) is 6.18. The summed E-state index contributed by atoms with van der Waals surface area (Å²) in [6.07, 6.45) is 0.985. The van der Waals surface area contributed by atoms with E-state index >= 15 is 0 Å². The first kappa shape index (κ1) is 14.5. The van der Waals surface area contributed by atoms with Gasteiger partial charge in [0.05, 0.1) is 5.75 Å². The number of benzene rings is 1. The second-order valence-corrected chi connectivity index (χ2v) is 7.09. The number of hydrogen-bond donors (Lipinski definition) is 1. The molecule has 0 saturated carbocycles. The highest BCUT2D eigenvalue weighted by molar-refractivity contribution is 7.90. The van der Waals surface area contributed by atoms with Crippen LogP contribution in [0.3, 0.4) is 0 Å². The number of fused-ring (bicyclic) bond motifs is 1. The van der Waals surface area contributed by atoms with Gasteiger partial charge in [0.2, 0.25) is 11.8 Å². The number of carbonyl (C=O) groups excluding carboxylic acids is 2. The lowest BCUT2D eigenvalue weighted by Gasteiger charge is -2.19. The van der Waals surface area contributed by atoms with Gasteiger partial charge in [-0.15, -0.1) is 0 Å². The summed E-state index contributed by atoms with van der Waals surface area (Å²) in [6.45, 7) is 0.245. The second kappa shape index (κ2) is 5.62. The highest BCUT2D eigenvalue weighted by Gasteiger charge is 2.23. The normalized spacial score (nSPS) is 15.2. The number of amides is 2. The first-order valence-corrected chi connectivity index (χ1v) is 8.24. The molecule has 20 heavy (non-hydrogen) atoms. The minimum absolute atomic E-state index is 0.0583. The zero-order chi connectivity index (χ0) is 14.8. The quantitative estimate of drug-likeness (QED) is 0.875. The summed E-state index contributed by atoms with van der Waals surface area (Å²) in [5, 5.41) is 2.73. The fraction of sp³-hybridized carbons (Fsp3) is 0.385. The van der Waals surface area contributed by atoms with Gasteiger partial charge in [-0.2, -0.15) is 0 Å². The maximum atomic E-state index is 12.0. The highest BCUT2D eigenvalue weighted by atomic mass is 32.2. The van der Waals surface area contributed by atoms with E-state index in [0.29, 0.717) is 12.2 Å². The monoisotopic (exact) mass is 296 g/mol. The molecule has 0 bridgehead atoms. The van der Waals surface area contributed by atoms with Gasteiger partial charge in [0.15, 0.2) is 0 Å². The third kappa shape index (κ3) is 3.80. The largest absolute Gasteiger partial charge is 0.329 e. The predicted molar refractivity (Wildman–Crippen MR) is 74.8 cm³/mol. The summed E-state index contributed by atoms with van der Waals surface area (Å²) in [6, 6.07) is 7.24. The van der Waals surface area contributed by atoms with Crippen LogP contribution in [0.4, 0.5) is 5.69 Å². The van der Waals surface area contributed by atoms with Crippen molar-refractivity contribution in [2.24, 2.45) is 0 Å². The summed E-state index contributed by atoms with van der Waals surface area (Å²) >= 11 is 0. The van der Waals surface area contributed by atoms with E-state index in [9.17, 15) is 18.0 Å². The van der Waals surface area contributed by atoms with Crippen LogP contribution < -0.4 is 5.32 Å². The van der Waals surface area contributed by atoms with Gasteiger partial charge in [0.1, 0.15) is 16.4 Å². The second-order valence-electron chi connectivity index (χ2n) is 4.84. The van der Waals surface area contributed by atoms with E-state index < -0.39 is 9.84 Å². The number of anilines is 1. The lowest BCUT2D eigenvalue weighted by Crippen LogP contribution is -2.36. The van der Waals surface area contributed by atoms with E-state index in [1.165, 1.54) is 4.90 Å². The first-order chi connectivity index (χ1) is 9.35. The number of rotatable bonds is 3. The molecule has 1 aliphatic heterocycles. The average Bonchev–Trinajstić information content (AvgIpc) is 2.52. The fourth-order valence-electron chi connectivity index (χ4n) is 2.01. The SMILES string of the molecule is CS(=O)(=O)CCC(=O)N1CC(=O)Nc2ccccc2C1. The van der Waals surface area contributed by atoms with Crippen LogP contribution in [0.1, 0.15) is 12.0 Å². The molecule has 108 valence electrons. The molecule has 1 aromatic rings. The number of hydrogen-bond acceptors (Lipinski definition) is 4. The molecule has 0 aliphatic carbocycles. The molecule has 0 saturated heterocycles. The Morgan fingerprint density at radius 1 is 1.30 bits per heavy atom. The lowest BCUT2D eigenvalue weighted by atomic mass is 10.1. The van der Waals surface area contributed by atoms with Gasteiger partial charge in [0, 0.05) is 24.9 Å². The van der Waals surface area contributed by atoms with Gasteiger partial charge < -0.3 is 10.2 Å². The molecular weight excluding hydrogens is 280 g/mol. The Morgan fingerprint density at radius 3 is 2.70 bits per heavy atom. The van der Waals surface area contributed by atoms with Crippen LogP contribution in [0.15, 0.2) is 24.3 Å². The Kier molecular flexibility index (Phi) is 4.08. The summed E-state index contributed by atoms with van der Waals surface area (Å²) in [5.41, 5.74) is 1.53. The minimum atomic E-state index is -3.19. The van der Waals surface area contributed by atoms with Crippen molar-refractivity contribution < 1.29 is 18.0 Å². The molecule has 1 aromatic carbocycles. The van der Waals surface area contributed by atoms with Crippen molar-refractivity contribution in [2.75, 3.05) is 23.9 Å². The van der Waals surface area contributed by atoms with Crippen molar-refractivity contribution in [1.82, 2.24) is 4.90 Å². The van der Waals surface area contributed by atoms with Crippen LogP contribution in [0, 0.1) is 0 Å². The molecule has 0 aromatic heterocycles. The molecule has 0 unspecified atom stereocenters. The predicted octanol–water partition coefficient (Wildman–Crippen LogP) is 0.402. The van der Waals surface area contributed by atoms with Gasteiger partial charge >= 0.3 is 0 Å². The van der Waals surface area contributed by atoms with Crippen LogP contribution in [0.5, 0.6) is 0 Å². The Hall–Kier alpha value is -1.89. The number of sulfone groups is 1. The maximum absolute atomic E-state index is 12.0. The summed E-state index contributed by atoms with van der Waals surface area (Å²) < 4.78 is 22.2. The van der Waals surface area contributed by atoms with Gasteiger partial charge in [-0.05, 0) is 11.6 Å². The zero-order valence-electron chi connectivity index (χ0n) is 11.1. The third-order valence-electron chi connectivity index (χ3n) is 3.03. The molecule has 0 atom stereocenters. The van der Waals surface area contributed by atoms with Crippen molar-refractivity contribution in [3.8, 4) is 0 Å². The molecule has 0 radical (unpaired) electrons. The van der Waals surface area contributed by atoms with Crippen LogP contribution in [-0.4, -0.2) is 43.7 Å². The number of carbonyl (C=O) groups is 2. The van der Waals surface area contributed by atoms with Crippen molar-refractivity contribution in [3.05, 3.63) is 29.8 Å². The smallest absolute Gasteiger partial charge is 0.244 e. The molecule has 0 fully saturated rings. The topological polar surface area (TPSA) is 83.6 Å². The van der Waals surface area contributed by atoms with Crippen molar-refractivity contribution >= 4 is 27.3 Å². The number of nitrogens with zero attached hydrogens (tertiary/aromatic N) is 1. The molecular formula is C13H16N2O4S. The molecule has 6 nitrogen and oxygen atoms in total. The lowest BCUT2D eigenvalue weighted by molar-refractivity contribution is -0.134. The molecule has 2 rings (SSSR count). The Labute approximate surface area is 117 Å². The van der Waals surface area contributed by atoms with Gasteiger partial charge in [0.25, 0.3) is 0 Å². The van der Waals surface area contributed by atoms with Crippen molar-refractivity contribution in [3.63, 3.8) is 0 Å². The standard InChI is InChI=1S/C13H16N2O4S/c1-20(18,19)7-6-13(17)15-8-10-4-2-3-5-11(10)14-12(16)9-15/h2-5H,6-9H2,1H3,(H,14,16). The summed E-state index contributed by atoms with van der Waals surface area (Å²) in [5.74, 6) is -0.809. The third-order valence-corrected chi connectivity index (χ3v) is 3.97. The Morgan fingerprint density at radius 2 is 2.00 bits per heavy atom. The van der Waals surface area contributed by atoms with E-state index in [-0.39, 0.29) is 30.5 Å². The molecule has 7 heteroatoms. The zero-order valence-corrected chi connectivity index (χ0v) is 11.9. The van der Waals surface area contributed by atoms with Crippen LogP contribution in [-0.2, 0) is 26.0 Å². The summed E-state index contributed by atoms with van der Waals surface area (Å²) in [4.78, 5) is 25.2. The van der Waals surface area contributed by atoms with Crippen molar-refractivity contribution in [2.45, 2.75) is 13.0 Å². The number of para-hydroxylation sites is 1. The van der Waals surface area contributed by atoms with Crippen LogP contribution in [0.25, 0.3) is 0 Å². The van der Waals surface area contributed by atoms with Crippen LogP contribution in [0.2, 0.25) is 0 Å². The maximum Gasteiger partial charge on any atom is 0.244 e. The van der Waals surface area contributed by atoms with Crippen LogP contribution >= 0.6 is 0 Å². The molecule has 1 aliphatic rings. The molecule has 0 spiro atoms. The van der Waals surface area contributed by atoms with Crippen molar-refractivity contribution in [1.29, 1.82) is 0 Å². The fourth-order valence-corrected chi connectivity index (χ4v) is 2.56. The summed E-state index contributed by atoms with van der Waals surface area (Å²) in [7, 11) is -3.19. The van der Waals surface area contributed by atoms with E-state index in [1.54, 1.807) is 12.1 Å². The Bertz CT molecular complexity index is 640. The van der Waals surface area contributed by atoms with E-state index in [1.807, 2.05) is 12.1 Å². The van der Waals surface area contributed by atoms with E-state index in [0.717, 1.165) is 11.8 Å². The highest BCUT2D eigenvalue weighted by Crippen LogP contribution is 2.20. The van der Waals surface area contributed by atoms with Gasteiger partial charge in [-0.3, -0.25) is 9.59 Å².